The second-order valence-electron chi connectivity index (χ2n) is 4.51. The first-order chi connectivity index (χ1) is 9.02. The van der Waals surface area contributed by atoms with Crippen LogP contribution in [0.1, 0.15) is 23.2 Å². The van der Waals surface area contributed by atoms with E-state index < -0.39 is 6.10 Å². The summed E-state index contributed by atoms with van der Waals surface area (Å²) in [5.41, 5.74) is 0.446. The summed E-state index contributed by atoms with van der Waals surface area (Å²) in [5.74, 6) is 0.368. The molecule has 2 rings (SSSR count). The summed E-state index contributed by atoms with van der Waals surface area (Å²) < 4.78 is 6.09. The highest BCUT2D eigenvalue weighted by molar-refractivity contribution is 14.1. The van der Waals surface area contributed by atoms with Gasteiger partial charge in [-0.1, -0.05) is 11.6 Å². The minimum absolute atomic E-state index is 0.145. The smallest absolute Gasteiger partial charge is 0.257 e. The van der Waals surface area contributed by atoms with Crippen LogP contribution in [-0.4, -0.2) is 42.2 Å². The Morgan fingerprint density at radius 3 is 2.95 bits per heavy atom. The number of ether oxygens (including phenoxy) is 1. The van der Waals surface area contributed by atoms with Crippen molar-refractivity contribution in [2.24, 2.45) is 0 Å². The maximum Gasteiger partial charge on any atom is 0.257 e. The number of benzene rings is 1. The first kappa shape index (κ1) is 14.9. The lowest BCUT2D eigenvalue weighted by Crippen LogP contribution is -2.42. The monoisotopic (exact) mass is 395 g/mol. The summed E-state index contributed by atoms with van der Waals surface area (Å²) in [7, 11) is 1.53. The quantitative estimate of drug-likeness (QED) is 0.783. The number of hydrogen-bond acceptors (Lipinski definition) is 3. The molecule has 1 saturated heterocycles. The third-order valence-electron chi connectivity index (χ3n) is 3.16. The molecule has 6 heteroatoms. The maximum atomic E-state index is 12.5. The number of halogens is 2. The number of carbonyl (C=O) groups is 1. The number of aliphatic hydroxyl groups excluding tert-OH is 1. The second kappa shape index (κ2) is 6.28. The molecule has 19 heavy (non-hydrogen) atoms. The fraction of sp³-hybridized carbons (Fsp3) is 0.462. The maximum absolute atomic E-state index is 12.5. The van der Waals surface area contributed by atoms with E-state index in [0.717, 1.165) is 16.4 Å². The summed E-state index contributed by atoms with van der Waals surface area (Å²) >= 11 is 8.17. The van der Waals surface area contributed by atoms with Crippen LogP contribution in [0, 0.1) is 3.57 Å². The molecule has 0 bridgehead atoms. The molecule has 1 aromatic rings. The van der Waals surface area contributed by atoms with Crippen molar-refractivity contribution in [1.82, 2.24) is 4.90 Å². The first-order valence-corrected chi connectivity index (χ1v) is 7.49. The van der Waals surface area contributed by atoms with Gasteiger partial charge in [-0.15, -0.1) is 0 Å². The topological polar surface area (TPSA) is 49.8 Å². The lowest BCUT2D eigenvalue weighted by molar-refractivity contribution is 0.0471. The zero-order valence-electron chi connectivity index (χ0n) is 10.5. The van der Waals surface area contributed by atoms with Crippen LogP contribution in [0.5, 0.6) is 5.75 Å². The van der Waals surface area contributed by atoms with Crippen LogP contribution in [0.3, 0.4) is 0 Å². The van der Waals surface area contributed by atoms with Crippen LogP contribution in [-0.2, 0) is 0 Å². The van der Waals surface area contributed by atoms with Crippen molar-refractivity contribution in [2.75, 3.05) is 20.2 Å². The Kier molecular flexibility index (Phi) is 4.92. The number of nitrogens with zero attached hydrogens (tertiary/aromatic N) is 1. The van der Waals surface area contributed by atoms with E-state index in [2.05, 4.69) is 22.6 Å². The summed E-state index contributed by atoms with van der Waals surface area (Å²) in [5, 5.41) is 10.2. The van der Waals surface area contributed by atoms with E-state index >= 15 is 0 Å². The highest BCUT2D eigenvalue weighted by Crippen LogP contribution is 2.29. The van der Waals surface area contributed by atoms with Gasteiger partial charge >= 0.3 is 0 Å². The Morgan fingerprint density at radius 2 is 2.32 bits per heavy atom. The molecule has 1 fully saturated rings. The van der Waals surface area contributed by atoms with Gasteiger partial charge in [-0.25, -0.2) is 0 Å². The van der Waals surface area contributed by atoms with E-state index in [-0.39, 0.29) is 5.91 Å². The van der Waals surface area contributed by atoms with Crippen molar-refractivity contribution in [3.05, 3.63) is 26.3 Å². The molecule has 1 heterocycles. The first-order valence-electron chi connectivity index (χ1n) is 6.03. The molecule has 0 spiro atoms. The zero-order chi connectivity index (χ0) is 14.0. The molecule has 0 saturated carbocycles. The molecular weight excluding hydrogens is 381 g/mol. The van der Waals surface area contributed by atoms with E-state index in [9.17, 15) is 9.90 Å². The van der Waals surface area contributed by atoms with Gasteiger partial charge in [-0.3, -0.25) is 4.79 Å². The Labute approximate surface area is 130 Å². The van der Waals surface area contributed by atoms with E-state index in [1.54, 1.807) is 17.0 Å². The van der Waals surface area contributed by atoms with E-state index in [0.29, 0.717) is 29.4 Å². The Balaban J connectivity index is 2.30. The van der Waals surface area contributed by atoms with Crippen molar-refractivity contribution < 1.29 is 14.6 Å². The molecular formula is C13H15ClINO3. The molecule has 0 radical (unpaired) electrons. The summed E-state index contributed by atoms with van der Waals surface area (Å²) in [6.07, 6.45) is 1.12. The van der Waals surface area contributed by atoms with Crippen molar-refractivity contribution in [3.63, 3.8) is 0 Å². The molecule has 1 N–H and O–H groups in total. The highest BCUT2D eigenvalue weighted by atomic mass is 127. The van der Waals surface area contributed by atoms with Crippen LogP contribution < -0.4 is 4.74 Å². The van der Waals surface area contributed by atoms with Crippen LogP contribution in [0.2, 0.25) is 5.02 Å². The zero-order valence-corrected chi connectivity index (χ0v) is 13.4. The minimum Gasteiger partial charge on any atom is -0.496 e. The Bertz CT molecular complexity index is 495. The molecule has 1 aliphatic rings. The summed E-state index contributed by atoms with van der Waals surface area (Å²) in [4.78, 5) is 14.1. The van der Waals surface area contributed by atoms with Crippen LogP contribution in [0.15, 0.2) is 12.1 Å². The minimum atomic E-state index is -0.442. The number of amides is 1. The number of rotatable bonds is 2. The Hall–Kier alpha value is -0.530. The number of carbonyl (C=O) groups excluding carboxylic acids is 1. The van der Waals surface area contributed by atoms with Gasteiger partial charge in [0.15, 0.2) is 0 Å². The third kappa shape index (κ3) is 3.32. The summed E-state index contributed by atoms with van der Waals surface area (Å²) in [6, 6.07) is 3.38. The van der Waals surface area contributed by atoms with Gasteiger partial charge in [-0.05, 0) is 47.6 Å². The van der Waals surface area contributed by atoms with Gasteiger partial charge in [0.05, 0.1) is 23.8 Å². The number of hydrogen-bond donors (Lipinski definition) is 1. The fourth-order valence-corrected chi connectivity index (χ4v) is 2.78. The van der Waals surface area contributed by atoms with Crippen LogP contribution in [0.25, 0.3) is 0 Å². The van der Waals surface area contributed by atoms with Crippen molar-refractivity contribution >= 4 is 40.1 Å². The molecule has 1 atom stereocenters. The number of piperidine rings is 1. The average molecular weight is 396 g/mol. The SMILES string of the molecule is COc1cc(I)c(Cl)cc1C(=O)N1CCC[C@H](O)C1. The number of β-amino-alcohol motifs (C(OH)–C–C–N with tert-alkyl or cyclic N) is 1. The molecule has 0 unspecified atom stereocenters. The van der Waals surface area contributed by atoms with E-state index in [1.807, 2.05) is 0 Å². The molecule has 104 valence electrons. The van der Waals surface area contributed by atoms with Crippen molar-refractivity contribution in [2.45, 2.75) is 18.9 Å². The van der Waals surface area contributed by atoms with Gasteiger partial charge in [0.1, 0.15) is 5.75 Å². The fourth-order valence-electron chi connectivity index (χ4n) is 2.17. The van der Waals surface area contributed by atoms with E-state index in [4.69, 9.17) is 16.3 Å². The standard InChI is InChI=1S/C13H15ClINO3/c1-19-12-6-11(15)10(14)5-9(12)13(18)16-4-2-3-8(17)7-16/h5-6,8,17H,2-4,7H2,1H3/t8-/m0/s1. The van der Waals surface area contributed by atoms with Gasteiger partial charge in [0.2, 0.25) is 0 Å². The van der Waals surface area contributed by atoms with Gasteiger partial charge in [-0.2, -0.15) is 0 Å². The predicted octanol–water partition coefficient (Wildman–Crippen LogP) is 2.55. The molecule has 1 aromatic carbocycles. The third-order valence-corrected chi connectivity index (χ3v) is 4.68. The molecule has 0 aromatic heterocycles. The highest BCUT2D eigenvalue weighted by Gasteiger charge is 2.25. The summed E-state index contributed by atoms with van der Waals surface area (Å²) in [6.45, 7) is 1.02. The number of aliphatic hydroxyl groups is 1. The number of methoxy groups -OCH3 is 1. The largest absolute Gasteiger partial charge is 0.496 e. The molecule has 0 aliphatic carbocycles. The molecule has 4 nitrogen and oxygen atoms in total. The number of likely N-dealkylation sites (tertiary alicyclic amines) is 1. The van der Waals surface area contributed by atoms with Crippen LogP contribution in [0.4, 0.5) is 0 Å². The average Bonchev–Trinajstić information content (AvgIpc) is 2.40. The second-order valence-corrected chi connectivity index (χ2v) is 6.08. The van der Waals surface area contributed by atoms with Gasteiger partial charge in [0, 0.05) is 16.7 Å². The molecule has 1 amide bonds. The predicted molar refractivity (Wildman–Crippen MR) is 81.9 cm³/mol. The van der Waals surface area contributed by atoms with Gasteiger partial charge < -0.3 is 14.7 Å². The van der Waals surface area contributed by atoms with Crippen molar-refractivity contribution in [3.8, 4) is 5.75 Å². The lowest BCUT2D eigenvalue weighted by atomic mass is 10.1. The Morgan fingerprint density at radius 1 is 1.58 bits per heavy atom. The molecule has 1 aliphatic heterocycles. The van der Waals surface area contributed by atoms with Crippen molar-refractivity contribution in [1.29, 1.82) is 0 Å². The van der Waals surface area contributed by atoms with Crippen LogP contribution >= 0.6 is 34.2 Å². The van der Waals surface area contributed by atoms with E-state index in [1.165, 1.54) is 7.11 Å². The van der Waals surface area contributed by atoms with Gasteiger partial charge in [0.25, 0.3) is 5.91 Å². The normalized spacial score (nSPS) is 19.4. The lowest BCUT2D eigenvalue weighted by Gasteiger charge is -2.30.